The zero-order valence-corrected chi connectivity index (χ0v) is 21.8. The van der Waals surface area contributed by atoms with E-state index in [9.17, 15) is 14.3 Å². The van der Waals surface area contributed by atoms with E-state index in [4.69, 9.17) is 4.74 Å². The third-order valence-electron chi connectivity index (χ3n) is 8.10. The van der Waals surface area contributed by atoms with E-state index in [0.29, 0.717) is 36.0 Å². The Bertz CT molecular complexity index is 1480. The highest BCUT2D eigenvalue weighted by molar-refractivity contribution is 7.15. The monoisotopic (exact) mass is 535 g/mol. The van der Waals surface area contributed by atoms with E-state index in [-0.39, 0.29) is 29.9 Å². The molecule has 2 bridgehead atoms. The van der Waals surface area contributed by atoms with Gasteiger partial charge < -0.3 is 19.7 Å². The Morgan fingerprint density at radius 3 is 2.66 bits per heavy atom. The maximum Gasteiger partial charge on any atom is 0.251 e. The van der Waals surface area contributed by atoms with Crippen molar-refractivity contribution in [3.05, 3.63) is 75.7 Å². The number of halogens is 1. The van der Waals surface area contributed by atoms with Crippen LogP contribution in [-0.4, -0.2) is 49.0 Å². The molecule has 0 radical (unpaired) electrons. The van der Waals surface area contributed by atoms with Crippen molar-refractivity contribution in [2.24, 2.45) is 0 Å². The van der Waals surface area contributed by atoms with Gasteiger partial charge in [0.05, 0.1) is 36.0 Å². The summed E-state index contributed by atoms with van der Waals surface area (Å²) in [5.74, 6) is -0.426. The molecule has 0 atom stereocenters. The lowest BCUT2D eigenvalue weighted by atomic mass is 9.69. The number of aliphatic hydroxyl groups is 1. The van der Waals surface area contributed by atoms with Crippen LogP contribution in [0.2, 0.25) is 0 Å². The fourth-order valence-corrected chi connectivity index (χ4v) is 6.68. The molecular formula is C28H30FN5O3S. The number of thiazole rings is 1. The van der Waals surface area contributed by atoms with Crippen molar-refractivity contribution in [1.29, 1.82) is 0 Å². The van der Waals surface area contributed by atoms with E-state index in [1.54, 1.807) is 29.8 Å². The molecule has 0 aromatic carbocycles. The smallest absolute Gasteiger partial charge is 0.251 e. The standard InChI is InChI=1S/C28H30FN5O3S/c29-22-17-31-23-1-2-24(36)34(13-14-35)25(23)21(22)3-6-28-9-7-27(8-10-28,18-37-28)33-16-20-15-32-26(38-20)19-4-11-30-12-5-19/h1-2,4-5,11-12,15,17,33,35H,3,6-10,13-14,16,18H2. The van der Waals surface area contributed by atoms with Gasteiger partial charge in [0, 0.05) is 59.3 Å². The molecule has 1 saturated carbocycles. The molecule has 3 aliphatic rings. The number of fused-ring (bicyclic) bond motifs is 4. The van der Waals surface area contributed by atoms with Gasteiger partial charge in [0.1, 0.15) is 10.8 Å². The Morgan fingerprint density at radius 1 is 1.11 bits per heavy atom. The van der Waals surface area contributed by atoms with Gasteiger partial charge in [-0.3, -0.25) is 14.8 Å². The topological polar surface area (TPSA) is 102 Å². The molecule has 10 heteroatoms. The highest BCUT2D eigenvalue weighted by atomic mass is 32.1. The van der Waals surface area contributed by atoms with E-state index in [2.05, 4.69) is 20.3 Å². The molecule has 8 nitrogen and oxygen atoms in total. The Morgan fingerprint density at radius 2 is 1.92 bits per heavy atom. The number of hydrogen-bond donors (Lipinski definition) is 2. The van der Waals surface area contributed by atoms with E-state index in [0.717, 1.165) is 42.8 Å². The first-order chi connectivity index (χ1) is 18.5. The van der Waals surface area contributed by atoms with Gasteiger partial charge in [-0.05, 0) is 56.7 Å². The summed E-state index contributed by atoms with van der Waals surface area (Å²) in [6.07, 6.45) is 11.6. The summed E-state index contributed by atoms with van der Waals surface area (Å²) in [6, 6.07) is 6.97. The number of hydrogen-bond acceptors (Lipinski definition) is 8. The van der Waals surface area contributed by atoms with Crippen LogP contribution in [0.5, 0.6) is 0 Å². The normalized spacial score (nSPS) is 22.8. The number of rotatable bonds is 9. The van der Waals surface area contributed by atoms with Gasteiger partial charge in [0.25, 0.3) is 5.56 Å². The van der Waals surface area contributed by atoms with Crippen molar-refractivity contribution in [3.63, 3.8) is 0 Å². The van der Waals surface area contributed by atoms with Crippen LogP contribution < -0.4 is 10.9 Å². The second-order valence-corrected chi connectivity index (χ2v) is 11.5. The van der Waals surface area contributed by atoms with Gasteiger partial charge in [-0.25, -0.2) is 9.37 Å². The fourth-order valence-electron chi connectivity index (χ4n) is 5.82. The summed E-state index contributed by atoms with van der Waals surface area (Å²) < 4.78 is 22.9. The Labute approximate surface area is 223 Å². The molecule has 0 unspecified atom stereocenters. The number of nitrogens with one attached hydrogen (secondary N) is 1. The van der Waals surface area contributed by atoms with Gasteiger partial charge in [0.15, 0.2) is 0 Å². The Balaban J connectivity index is 1.12. The van der Waals surface area contributed by atoms with Crippen molar-refractivity contribution in [1.82, 2.24) is 24.8 Å². The fraction of sp³-hybridized carbons (Fsp3) is 0.429. The van der Waals surface area contributed by atoms with Crippen LogP contribution in [0.15, 0.2) is 53.8 Å². The molecule has 198 valence electrons. The van der Waals surface area contributed by atoms with Gasteiger partial charge in [-0.2, -0.15) is 0 Å². The van der Waals surface area contributed by atoms with E-state index < -0.39 is 5.82 Å². The van der Waals surface area contributed by atoms with Gasteiger partial charge >= 0.3 is 0 Å². The van der Waals surface area contributed by atoms with Crippen LogP contribution in [0, 0.1) is 5.82 Å². The van der Waals surface area contributed by atoms with Crippen LogP contribution in [0.3, 0.4) is 0 Å². The van der Waals surface area contributed by atoms with Crippen molar-refractivity contribution >= 4 is 22.4 Å². The van der Waals surface area contributed by atoms with E-state index >= 15 is 0 Å². The molecule has 2 aliphatic heterocycles. The minimum absolute atomic E-state index is 0.0568. The maximum atomic E-state index is 15.0. The first kappa shape index (κ1) is 25.2. The lowest BCUT2D eigenvalue weighted by Crippen LogP contribution is -2.61. The van der Waals surface area contributed by atoms with Crippen LogP contribution in [0.4, 0.5) is 4.39 Å². The lowest BCUT2D eigenvalue weighted by molar-refractivity contribution is -0.165. The van der Waals surface area contributed by atoms with E-state index in [1.165, 1.54) is 21.7 Å². The summed E-state index contributed by atoms with van der Waals surface area (Å²) in [5.41, 5.74) is 1.95. The minimum Gasteiger partial charge on any atom is -0.395 e. The predicted octanol–water partition coefficient (Wildman–Crippen LogP) is 3.85. The van der Waals surface area contributed by atoms with Crippen molar-refractivity contribution in [2.45, 2.75) is 62.8 Å². The molecule has 2 N–H and O–H groups in total. The number of pyridine rings is 3. The molecule has 0 spiro atoms. The zero-order chi connectivity index (χ0) is 26.2. The third-order valence-corrected chi connectivity index (χ3v) is 9.15. The number of aromatic nitrogens is 4. The first-order valence-electron chi connectivity index (χ1n) is 13.0. The largest absolute Gasteiger partial charge is 0.395 e. The summed E-state index contributed by atoms with van der Waals surface area (Å²) in [5, 5.41) is 14.2. The van der Waals surface area contributed by atoms with E-state index in [1.807, 2.05) is 18.3 Å². The van der Waals surface area contributed by atoms with Crippen LogP contribution >= 0.6 is 11.3 Å². The number of nitrogens with zero attached hydrogens (tertiary/aromatic N) is 4. The van der Waals surface area contributed by atoms with Gasteiger partial charge in [-0.15, -0.1) is 11.3 Å². The molecule has 1 aliphatic carbocycles. The maximum absolute atomic E-state index is 15.0. The lowest BCUT2D eigenvalue weighted by Gasteiger charge is -2.53. The molecule has 4 aromatic heterocycles. The molecule has 2 saturated heterocycles. The highest BCUT2D eigenvalue weighted by Crippen LogP contribution is 2.46. The van der Waals surface area contributed by atoms with Crippen molar-refractivity contribution in [3.8, 4) is 10.6 Å². The molecule has 3 fully saturated rings. The summed E-state index contributed by atoms with van der Waals surface area (Å²) >= 11 is 1.69. The highest BCUT2D eigenvalue weighted by Gasteiger charge is 2.49. The van der Waals surface area contributed by atoms with Crippen molar-refractivity contribution < 1.29 is 14.2 Å². The third kappa shape index (κ3) is 4.77. The Hall–Kier alpha value is -3.05. The quantitative estimate of drug-likeness (QED) is 0.336. The second kappa shape index (κ2) is 10.3. The summed E-state index contributed by atoms with van der Waals surface area (Å²) in [6.45, 7) is 1.27. The second-order valence-electron chi connectivity index (χ2n) is 10.3. The molecular weight excluding hydrogens is 505 g/mol. The molecule has 0 amide bonds. The van der Waals surface area contributed by atoms with Gasteiger partial charge in [-0.1, -0.05) is 0 Å². The van der Waals surface area contributed by atoms with Crippen LogP contribution in [0.1, 0.15) is 42.5 Å². The van der Waals surface area contributed by atoms with Crippen LogP contribution in [-0.2, 0) is 24.2 Å². The molecule has 38 heavy (non-hydrogen) atoms. The Kier molecular flexibility index (Phi) is 6.81. The number of aryl methyl sites for hydroxylation is 1. The van der Waals surface area contributed by atoms with Gasteiger partial charge in [0.2, 0.25) is 0 Å². The summed E-state index contributed by atoms with van der Waals surface area (Å²) in [4.78, 5) is 26.5. The zero-order valence-electron chi connectivity index (χ0n) is 21.0. The SMILES string of the molecule is O=c1ccc2ncc(F)c(CCC34CCC(NCc5cnc(-c6ccncc6)s5)(CC3)CO4)c2n1CCO. The number of aliphatic hydroxyl groups excluding tert-OH is 1. The molecule has 6 heterocycles. The predicted molar refractivity (Wildman–Crippen MR) is 143 cm³/mol. The van der Waals surface area contributed by atoms with Crippen molar-refractivity contribution in [2.75, 3.05) is 13.2 Å². The minimum atomic E-state index is -0.426. The average molecular weight is 536 g/mol. The van der Waals surface area contributed by atoms with Crippen LogP contribution in [0.25, 0.3) is 21.6 Å². The number of ether oxygens (including phenoxy) is 1. The molecule has 4 aromatic rings. The summed E-state index contributed by atoms with van der Waals surface area (Å²) in [7, 11) is 0. The molecule has 7 rings (SSSR count). The first-order valence-corrected chi connectivity index (χ1v) is 13.8. The average Bonchev–Trinajstić information content (AvgIpc) is 3.44.